The fraction of sp³-hybridized carbons (Fsp3) is 0.292. The second kappa shape index (κ2) is 10.00. The standard InChI is InChI=1S/C24H27N5O3/c1-31-20-7-3-17(4-8-20)23(30)27-19-12-15-29(16-13-19)24-25-14-11-22(28-24)26-18-5-9-21(32-2)10-6-18/h3-11,14,19H,12-13,15-16H2,1-2H3,(H,27,30)(H,25,26,28). The summed E-state index contributed by atoms with van der Waals surface area (Å²) in [5, 5.41) is 6.42. The summed E-state index contributed by atoms with van der Waals surface area (Å²) >= 11 is 0. The molecule has 2 heterocycles. The van der Waals surface area contributed by atoms with Gasteiger partial charge in [0.05, 0.1) is 14.2 Å². The number of carbonyl (C=O) groups excluding carboxylic acids is 1. The Morgan fingerprint density at radius 1 is 0.938 bits per heavy atom. The Bertz CT molecular complexity index is 1030. The molecule has 2 aromatic carbocycles. The van der Waals surface area contributed by atoms with Crippen LogP contribution in [-0.2, 0) is 0 Å². The minimum absolute atomic E-state index is 0.0620. The maximum atomic E-state index is 12.5. The number of benzene rings is 2. The maximum absolute atomic E-state index is 12.5. The van der Waals surface area contributed by atoms with Crippen LogP contribution in [-0.4, -0.2) is 49.2 Å². The van der Waals surface area contributed by atoms with Crippen molar-refractivity contribution >= 4 is 23.4 Å². The Labute approximate surface area is 187 Å². The van der Waals surface area contributed by atoms with Crippen molar-refractivity contribution in [3.05, 3.63) is 66.4 Å². The van der Waals surface area contributed by atoms with Gasteiger partial charge in [-0.1, -0.05) is 0 Å². The molecule has 0 aliphatic carbocycles. The van der Waals surface area contributed by atoms with E-state index < -0.39 is 0 Å². The molecule has 4 rings (SSSR count). The summed E-state index contributed by atoms with van der Waals surface area (Å²) in [7, 11) is 3.25. The third-order valence-electron chi connectivity index (χ3n) is 5.47. The number of hydrogen-bond donors (Lipinski definition) is 2. The second-order valence-electron chi connectivity index (χ2n) is 7.56. The molecule has 8 heteroatoms. The second-order valence-corrected chi connectivity index (χ2v) is 7.56. The summed E-state index contributed by atoms with van der Waals surface area (Å²) in [5.74, 6) is 2.89. The van der Waals surface area contributed by atoms with Crippen molar-refractivity contribution in [3.63, 3.8) is 0 Å². The average molecular weight is 434 g/mol. The van der Waals surface area contributed by atoms with Gasteiger partial charge in [-0.25, -0.2) is 4.98 Å². The van der Waals surface area contributed by atoms with Crippen molar-refractivity contribution in [2.45, 2.75) is 18.9 Å². The molecule has 0 atom stereocenters. The first kappa shape index (κ1) is 21.4. The van der Waals surface area contributed by atoms with Crippen LogP contribution in [0.15, 0.2) is 60.8 Å². The van der Waals surface area contributed by atoms with E-state index in [0.29, 0.717) is 11.5 Å². The normalized spacial score (nSPS) is 14.0. The van der Waals surface area contributed by atoms with Gasteiger partial charge >= 0.3 is 0 Å². The molecule has 0 spiro atoms. The highest BCUT2D eigenvalue weighted by atomic mass is 16.5. The molecule has 3 aromatic rings. The number of aromatic nitrogens is 2. The monoisotopic (exact) mass is 433 g/mol. The molecular weight excluding hydrogens is 406 g/mol. The van der Waals surface area contributed by atoms with Crippen molar-refractivity contribution < 1.29 is 14.3 Å². The highest BCUT2D eigenvalue weighted by Gasteiger charge is 2.23. The number of carbonyl (C=O) groups is 1. The molecule has 166 valence electrons. The largest absolute Gasteiger partial charge is 0.497 e. The lowest BCUT2D eigenvalue weighted by molar-refractivity contribution is 0.0931. The molecule has 1 aliphatic rings. The third-order valence-corrected chi connectivity index (χ3v) is 5.47. The van der Waals surface area contributed by atoms with Gasteiger partial charge in [0.25, 0.3) is 5.91 Å². The first-order valence-corrected chi connectivity index (χ1v) is 10.6. The smallest absolute Gasteiger partial charge is 0.251 e. The Hall–Kier alpha value is -3.81. The van der Waals surface area contributed by atoms with E-state index in [9.17, 15) is 4.79 Å². The highest BCUT2D eigenvalue weighted by molar-refractivity contribution is 5.94. The number of nitrogens with one attached hydrogen (secondary N) is 2. The van der Waals surface area contributed by atoms with Crippen LogP contribution in [0.4, 0.5) is 17.5 Å². The quantitative estimate of drug-likeness (QED) is 0.588. The Morgan fingerprint density at radius 3 is 2.19 bits per heavy atom. The van der Waals surface area contributed by atoms with Crippen LogP contribution in [0, 0.1) is 0 Å². The third kappa shape index (κ3) is 5.26. The fourth-order valence-electron chi connectivity index (χ4n) is 3.63. The molecule has 1 fully saturated rings. The van der Waals surface area contributed by atoms with Crippen LogP contribution in [0.2, 0.25) is 0 Å². The van der Waals surface area contributed by atoms with Gasteiger partial charge < -0.3 is 25.0 Å². The summed E-state index contributed by atoms with van der Waals surface area (Å²) < 4.78 is 10.3. The first-order chi connectivity index (χ1) is 15.6. The van der Waals surface area contributed by atoms with Gasteiger partial charge in [0.2, 0.25) is 5.95 Å². The average Bonchev–Trinajstić information content (AvgIpc) is 2.85. The summed E-state index contributed by atoms with van der Waals surface area (Å²) in [4.78, 5) is 23.8. The Kier molecular flexibility index (Phi) is 6.69. The number of rotatable bonds is 7. The molecule has 1 saturated heterocycles. The minimum atomic E-state index is -0.0620. The van der Waals surface area contributed by atoms with E-state index >= 15 is 0 Å². The van der Waals surface area contributed by atoms with Crippen molar-refractivity contribution in [3.8, 4) is 11.5 Å². The molecule has 0 saturated carbocycles. The molecule has 2 N–H and O–H groups in total. The van der Waals surface area contributed by atoms with Gasteiger partial charge in [-0.2, -0.15) is 4.98 Å². The molecule has 0 radical (unpaired) electrons. The highest BCUT2D eigenvalue weighted by Crippen LogP contribution is 2.22. The molecule has 0 unspecified atom stereocenters. The van der Waals surface area contributed by atoms with Gasteiger partial charge in [-0.3, -0.25) is 4.79 Å². The van der Waals surface area contributed by atoms with Crippen LogP contribution in [0.25, 0.3) is 0 Å². The molecule has 0 bridgehead atoms. The zero-order chi connectivity index (χ0) is 22.3. The lowest BCUT2D eigenvalue weighted by atomic mass is 10.0. The van der Waals surface area contributed by atoms with E-state index in [0.717, 1.165) is 48.9 Å². The maximum Gasteiger partial charge on any atom is 0.251 e. The number of hydrogen-bond acceptors (Lipinski definition) is 7. The van der Waals surface area contributed by atoms with E-state index in [1.165, 1.54) is 0 Å². The van der Waals surface area contributed by atoms with Crippen LogP contribution in [0.3, 0.4) is 0 Å². The minimum Gasteiger partial charge on any atom is -0.497 e. The molecule has 1 aliphatic heterocycles. The van der Waals surface area contributed by atoms with Gasteiger partial charge in [0, 0.05) is 36.6 Å². The number of amides is 1. The van der Waals surface area contributed by atoms with Gasteiger partial charge in [0.15, 0.2) is 0 Å². The zero-order valence-corrected chi connectivity index (χ0v) is 18.2. The fourth-order valence-corrected chi connectivity index (χ4v) is 3.63. The summed E-state index contributed by atoms with van der Waals surface area (Å²) in [5.41, 5.74) is 1.56. The molecule has 32 heavy (non-hydrogen) atoms. The predicted molar refractivity (Wildman–Crippen MR) is 124 cm³/mol. The lowest BCUT2D eigenvalue weighted by Crippen LogP contribution is -2.45. The van der Waals surface area contributed by atoms with Crippen molar-refractivity contribution in [1.82, 2.24) is 15.3 Å². The van der Waals surface area contributed by atoms with Crippen molar-refractivity contribution in [1.29, 1.82) is 0 Å². The van der Waals surface area contributed by atoms with Crippen LogP contribution >= 0.6 is 0 Å². The van der Waals surface area contributed by atoms with E-state index in [-0.39, 0.29) is 11.9 Å². The Balaban J connectivity index is 1.31. The van der Waals surface area contributed by atoms with Crippen molar-refractivity contribution in [2.24, 2.45) is 0 Å². The number of anilines is 3. The summed E-state index contributed by atoms with van der Waals surface area (Å²) in [6, 6.07) is 16.8. The SMILES string of the molecule is COc1ccc(Nc2ccnc(N3CCC(NC(=O)c4ccc(OC)cc4)CC3)n2)cc1. The Morgan fingerprint density at radius 2 is 1.56 bits per heavy atom. The summed E-state index contributed by atoms with van der Waals surface area (Å²) in [6.45, 7) is 1.55. The first-order valence-electron chi connectivity index (χ1n) is 10.6. The van der Waals surface area contributed by atoms with Crippen LogP contribution in [0.5, 0.6) is 11.5 Å². The molecule has 1 aromatic heterocycles. The zero-order valence-electron chi connectivity index (χ0n) is 18.2. The molecule has 8 nitrogen and oxygen atoms in total. The lowest BCUT2D eigenvalue weighted by Gasteiger charge is -2.32. The van der Waals surface area contributed by atoms with Crippen LogP contribution in [0.1, 0.15) is 23.2 Å². The van der Waals surface area contributed by atoms with Gasteiger partial charge in [0.1, 0.15) is 17.3 Å². The van der Waals surface area contributed by atoms with E-state index in [2.05, 4.69) is 25.5 Å². The molecular formula is C24H27N5O3. The predicted octanol–water partition coefficient (Wildman–Crippen LogP) is 3.64. The van der Waals surface area contributed by atoms with E-state index in [4.69, 9.17) is 9.47 Å². The number of ether oxygens (including phenoxy) is 2. The summed E-state index contributed by atoms with van der Waals surface area (Å²) in [6.07, 6.45) is 3.43. The number of nitrogens with zero attached hydrogens (tertiary/aromatic N) is 3. The van der Waals surface area contributed by atoms with Crippen LogP contribution < -0.4 is 25.0 Å². The van der Waals surface area contributed by atoms with Gasteiger partial charge in [-0.15, -0.1) is 0 Å². The van der Waals surface area contributed by atoms with Crippen molar-refractivity contribution in [2.75, 3.05) is 37.5 Å². The van der Waals surface area contributed by atoms with Gasteiger partial charge in [-0.05, 0) is 67.4 Å². The molecule has 1 amide bonds. The van der Waals surface area contributed by atoms with E-state index in [1.807, 2.05) is 30.3 Å². The van der Waals surface area contributed by atoms with E-state index in [1.54, 1.807) is 44.7 Å². The topological polar surface area (TPSA) is 88.6 Å². The number of piperidine rings is 1. The number of methoxy groups -OCH3 is 2.